The summed E-state index contributed by atoms with van der Waals surface area (Å²) in [7, 11) is 0. The third kappa shape index (κ3) is 3.17. The van der Waals surface area contributed by atoms with E-state index in [-0.39, 0.29) is 12.4 Å². The van der Waals surface area contributed by atoms with Crippen LogP contribution in [0.4, 0.5) is 0 Å². The first kappa shape index (κ1) is 14.9. The van der Waals surface area contributed by atoms with E-state index in [9.17, 15) is 0 Å². The molecule has 0 spiro atoms. The molecule has 0 nitrogen and oxygen atoms in total. The third-order valence-corrected chi connectivity index (χ3v) is 8.86. The van der Waals surface area contributed by atoms with E-state index in [4.69, 9.17) is 12.2 Å². The van der Waals surface area contributed by atoms with Gasteiger partial charge < -0.3 is 12.4 Å². The van der Waals surface area contributed by atoms with Gasteiger partial charge in [0.05, 0.1) is 0 Å². The molecule has 0 aliphatic heterocycles. The van der Waals surface area contributed by atoms with Crippen LogP contribution in [-0.2, 0) is 17.9 Å². The monoisotopic (exact) mass is 322 g/mol. The number of halogens is 1. The molecule has 0 fully saturated rings. The molecule has 0 aromatic carbocycles. The van der Waals surface area contributed by atoms with Gasteiger partial charge in [-0.25, -0.2) is 0 Å². The summed E-state index contributed by atoms with van der Waals surface area (Å²) in [6.45, 7) is 0. The average molecular weight is 323 g/mol. The van der Waals surface area contributed by atoms with E-state index < -0.39 is 17.9 Å². The molecule has 0 N–H and O–H groups in total. The van der Waals surface area contributed by atoms with Crippen molar-refractivity contribution in [3.05, 3.63) is 66.3 Å². The van der Waals surface area contributed by atoms with Gasteiger partial charge in [-0.1, -0.05) is 0 Å². The quantitative estimate of drug-likeness (QED) is 0.561. The number of thiocarbonyl (C=S) groups is 1. The van der Waals surface area contributed by atoms with Gasteiger partial charge in [0.1, 0.15) is 0 Å². The van der Waals surface area contributed by atoms with Crippen LogP contribution in [0.1, 0.15) is 19.3 Å². The molecule has 0 atom stereocenters. The van der Waals surface area contributed by atoms with Crippen LogP contribution in [0.3, 0.4) is 0 Å². The summed E-state index contributed by atoms with van der Waals surface area (Å²) >= 11 is 4.07. The van der Waals surface area contributed by atoms with Crippen LogP contribution in [0.2, 0.25) is 0 Å². The number of hydrogen-bond donors (Lipinski definition) is 0. The van der Waals surface area contributed by atoms with E-state index >= 15 is 0 Å². The molecule has 3 aliphatic carbocycles. The zero-order valence-electron chi connectivity index (χ0n) is 10.6. The first-order valence-corrected chi connectivity index (χ1v) is 9.11. The van der Waals surface area contributed by atoms with E-state index in [2.05, 4.69) is 54.7 Å². The minimum atomic E-state index is -1.53. The van der Waals surface area contributed by atoms with Crippen LogP contribution in [0.5, 0.6) is 0 Å². The summed E-state index contributed by atoms with van der Waals surface area (Å²) in [5.41, 5.74) is 0. The molecule has 0 radical (unpaired) electrons. The summed E-state index contributed by atoms with van der Waals surface area (Å²) < 4.78 is 4.79. The van der Waals surface area contributed by atoms with Crippen molar-refractivity contribution in [1.29, 1.82) is 0 Å². The molecule has 0 saturated carbocycles. The number of rotatable bonds is 3. The molecular formula is C16H15ClSTi. The molecule has 0 saturated heterocycles. The van der Waals surface area contributed by atoms with Crippen LogP contribution < -0.4 is 12.4 Å². The molecule has 0 amide bonds. The van der Waals surface area contributed by atoms with Crippen LogP contribution >= 0.6 is 12.2 Å². The van der Waals surface area contributed by atoms with Crippen molar-refractivity contribution in [2.75, 3.05) is 0 Å². The Kier molecular flexibility index (Phi) is 5.35. The Bertz CT molecular complexity index is 531. The smallest absolute Gasteiger partial charge is 1.00 e. The van der Waals surface area contributed by atoms with Crippen molar-refractivity contribution in [2.45, 2.75) is 19.3 Å². The van der Waals surface area contributed by atoms with Gasteiger partial charge >= 0.3 is 121 Å². The third-order valence-electron chi connectivity index (χ3n) is 3.46. The maximum Gasteiger partial charge on any atom is -1.00 e. The van der Waals surface area contributed by atoms with E-state index in [0.717, 1.165) is 19.3 Å². The molecular weight excluding hydrogens is 308 g/mol. The van der Waals surface area contributed by atoms with Gasteiger partial charge in [0, 0.05) is 0 Å². The summed E-state index contributed by atoms with van der Waals surface area (Å²) in [4.78, 5) is 1.17. The summed E-state index contributed by atoms with van der Waals surface area (Å²) in [5, 5.41) is 0. The van der Waals surface area contributed by atoms with Gasteiger partial charge in [-0.05, 0) is 0 Å². The van der Waals surface area contributed by atoms with Crippen molar-refractivity contribution in [3.8, 4) is 0 Å². The first-order chi connectivity index (χ1) is 8.86. The average Bonchev–Trinajstić information content (AvgIpc) is 3.05. The van der Waals surface area contributed by atoms with Gasteiger partial charge in [0.2, 0.25) is 0 Å². The second-order valence-corrected chi connectivity index (χ2v) is 9.17. The second-order valence-electron chi connectivity index (χ2n) is 4.66. The topological polar surface area (TPSA) is 0 Å². The largest absolute Gasteiger partial charge is 1.00 e. The standard InChI is InChI=1S/C6H5S.2C5H5.ClH.Ti/c7-6-4-2-1-3-5-6;2*1-2-4-5-3-1;;/h1-3H,4H2;2*1-3H,4H2;1H;/q;;;;+1/p-1. The molecule has 3 rings (SSSR count). The van der Waals surface area contributed by atoms with Crippen LogP contribution in [-0.4, -0.2) is 4.86 Å². The molecule has 19 heavy (non-hydrogen) atoms. The normalized spacial score (nSPS) is 20.0. The minimum absolute atomic E-state index is 0. The van der Waals surface area contributed by atoms with E-state index in [1.807, 2.05) is 0 Å². The fraction of sp³-hybridized carbons (Fsp3) is 0.188. The summed E-state index contributed by atoms with van der Waals surface area (Å²) in [6, 6.07) is 0. The number of allylic oxidation sites excluding steroid dienone is 12. The Morgan fingerprint density at radius 1 is 0.789 bits per heavy atom. The van der Waals surface area contributed by atoms with Gasteiger partial charge in [0.25, 0.3) is 0 Å². The molecule has 0 aromatic rings. The minimum Gasteiger partial charge on any atom is -1.00 e. The number of hydrogen-bond acceptors (Lipinski definition) is 1. The van der Waals surface area contributed by atoms with E-state index in [1.165, 1.54) is 8.74 Å². The van der Waals surface area contributed by atoms with E-state index in [0.29, 0.717) is 0 Å². The van der Waals surface area contributed by atoms with Crippen molar-refractivity contribution < 1.29 is 30.3 Å². The zero-order chi connectivity index (χ0) is 12.4. The van der Waals surface area contributed by atoms with Gasteiger partial charge in [-0.2, -0.15) is 0 Å². The van der Waals surface area contributed by atoms with Crippen molar-refractivity contribution >= 4 is 17.1 Å². The van der Waals surface area contributed by atoms with E-state index in [1.54, 1.807) is 7.76 Å². The Morgan fingerprint density at radius 2 is 1.32 bits per heavy atom. The Balaban J connectivity index is 0.00000133. The maximum atomic E-state index is 5.60. The molecule has 0 bridgehead atoms. The van der Waals surface area contributed by atoms with Gasteiger partial charge in [-0.15, -0.1) is 0 Å². The van der Waals surface area contributed by atoms with Gasteiger partial charge in [0.15, 0.2) is 0 Å². The van der Waals surface area contributed by atoms with Gasteiger partial charge in [-0.3, -0.25) is 0 Å². The molecule has 0 unspecified atom stereocenters. The van der Waals surface area contributed by atoms with Crippen LogP contribution in [0, 0.1) is 0 Å². The molecule has 0 aromatic heterocycles. The summed E-state index contributed by atoms with van der Waals surface area (Å²) in [6.07, 6.45) is 23.5. The van der Waals surface area contributed by atoms with Crippen molar-refractivity contribution in [3.63, 3.8) is 0 Å². The molecule has 3 aliphatic rings. The predicted molar refractivity (Wildman–Crippen MR) is 78.1 cm³/mol. The van der Waals surface area contributed by atoms with Crippen molar-refractivity contribution in [2.24, 2.45) is 0 Å². The van der Waals surface area contributed by atoms with Crippen LogP contribution in [0.25, 0.3) is 0 Å². The van der Waals surface area contributed by atoms with Crippen LogP contribution in [0.15, 0.2) is 66.3 Å². The summed E-state index contributed by atoms with van der Waals surface area (Å²) in [5.74, 6) is 0. The predicted octanol–water partition coefficient (Wildman–Crippen LogP) is 1.51. The second kappa shape index (κ2) is 6.81. The Morgan fingerprint density at radius 3 is 1.79 bits per heavy atom. The maximum absolute atomic E-state index is 5.60. The SMILES string of the molecule is S=C1CC=CC=[C]1[Ti+]([C]1=CC=CC1)[C]1=CC=CC1.[Cl-]. The van der Waals surface area contributed by atoms with Crippen molar-refractivity contribution in [1.82, 2.24) is 0 Å². The zero-order valence-corrected chi connectivity index (χ0v) is 13.7. The molecule has 3 heteroatoms. The first-order valence-electron chi connectivity index (χ1n) is 6.36. The Hall–Kier alpha value is -0.466. The molecule has 96 valence electrons. The fourth-order valence-corrected chi connectivity index (χ4v) is 7.72. The fourth-order valence-electron chi connectivity index (χ4n) is 2.58. The molecule has 0 heterocycles. The Labute approximate surface area is 132 Å².